The van der Waals surface area contributed by atoms with E-state index in [0.717, 1.165) is 0 Å². The molecule has 0 atom stereocenters. The van der Waals surface area contributed by atoms with E-state index in [9.17, 15) is 18.8 Å². The van der Waals surface area contributed by atoms with Crippen LogP contribution in [0.1, 0.15) is 12.5 Å². The molecule has 0 fully saturated rings. The molecule has 0 bridgehead atoms. The van der Waals surface area contributed by atoms with Gasteiger partial charge in [0.25, 0.3) is 11.5 Å². The molecule has 0 saturated heterocycles. The summed E-state index contributed by atoms with van der Waals surface area (Å²) in [6, 6.07) is 12.8. The summed E-state index contributed by atoms with van der Waals surface area (Å²) in [6.07, 6.45) is 0.433. The highest BCUT2D eigenvalue weighted by molar-refractivity contribution is 6.47. The Hall–Kier alpha value is -4.40. The molecule has 0 aliphatic rings. The summed E-state index contributed by atoms with van der Waals surface area (Å²) in [5, 5.41) is 14.7. The molecule has 13 heteroatoms. The number of pyridine rings is 1. The van der Waals surface area contributed by atoms with Gasteiger partial charge in [0.05, 0.1) is 35.1 Å². The minimum absolute atomic E-state index is 0.0388. The van der Waals surface area contributed by atoms with Gasteiger partial charge in [-0.25, -0.2) is 9.18 Å². The Kier molecular flexibility index (Phi) is 9.21. The van der Waals surface area contributed by atoms with E-state index in [2.05, 4.69) is 15.3 Å². The fourth-order valence-electron chi connectivity index (χ4n) is 2.89. The number of hydrogen-bond donors (Lipinski definition) is 2. The number of ether oxygens (including phenoxy) is 2. The number of carbonyl (C=O) groups is 2. The monoisotopic (exact) mass is 545 g/mol. The first-order valence-electron chi connectivity index (χ1n) is 10.5. The molecule has 1 aromatic heterocycles. The molecule has 2 amide bonds. The van der Waals surface area contributed by atoms with E-state index in [1.54, 1.807) is 25.1 Å². The standard InChI is InChI=1S/C24H18Cl2FN5O5/c1-2-36-24(35)29-23(34)20(11-28)31-30-16-9-18(25)22(19(26)10-16)37-17-7-8-21(33)32(13-17)12-14-3-5-15(27)6-4-14/h3-10,13,30H,2,12H2,1H3,(H,29,34,35). The maximum absolute atomic E-state index is 13.2. The van der Waals surface area contributed by atoms with Gasteiger partial charge in [-0.1, -0.05) is 35.3 Å². The second-order valence-electron chi connectivity index (χ2n) is 7.19. The lowest BCUT2D eigenvalue weighted by atomic mass is 10.2. The second-order valence-corrected chi connectivity index (χ2v) is 8.00. The Bertz CT molecular complexity index is 1430. The molecule has 2 N–H and O–H groups in total. The molecule has 0 radical (unpaired) electrons. The van der Waals surface area contributed by atoms with Crippen molar-refractivity contribution in [2.45, 2.75) is 13.5 Å². The van der Waals surface area contributed by atoms with E-state index in [-0.39, 0.29) is 51.8 Å². The van der Waals surface area contributed by atoms with Gasteiger partial charge in [0, 0.05) is 6.07 Å². The third-order valence-corrected chi connectivity index (χ3v) is 5.11. The summed E-state index contributed by atoms with van der Waals surface area (Å²) >= 11 is 12.6. The Morgan fingerprint density at radius 1 is 1.14 bits per heavy atom. The molecule has 3 aromatic rings. The molecule has 10 nitrogen and oxygen atoms in total. The van der Waals surface area contributed by atoms with E-state index in [0.29, 0.717) is 5.56 Å². The van der Waals surface area contributed by atoms with Gasteiger partial charge < -0.3 is 14.0 Å². The number of benzene rings is 2. The van der Waals surface area contributed by atoms with Crippen LogP contribution in [0.15, 0.2) is 64.6 Å². The lowest BCUT2D eigenvalue weighted by Gasteiger charge is -2.13. The molecule has 37 heavy (non-hydrogen) atoms. The number of imide groups is 1. The summed E-state index contributed by atoms with van der Waals surface area (Å²) in [6.45, 7) is 1.77. The van der Waals surface area contributed by atoms with Gasteiger partial charge in [-0.15, -0.1) is 0 Å². The average molecular weight is 546 g/mol. The van der Waals surface area contributed by atoms with Crippen molar-refractivity contribution < 1.29 is 23.5 Å². The van der Waals surface area contributed by atoms with Gasteiger partial charge >= 0.3 is 6.09 Å². The molecule has 1 heterocycles. The number of rotatable bonds is 8. The third kappa shape index (κ3) is 7.54. The Balaban J connectivity index is 1.75. The van der Waals surface area contributed by atoms with E-state index in [1.165, 1.54) is 47.2 Å². The van der Waals surface area contributed by atoms with Crippen molar-refractivity contribution in [3.63, 3.8) is 0 Å². The van der Waals surface area contributed by atoms with Gasteiger partial charge in [-0.3, -0.25) is 20.3 Å². The fraction of sp³-hybridized carbons (Fsp3) is 0.125. The van der Waals surface area contributed by atoms with Gasteiger partial charge in [-0.05, 0) is 42.8 Å². The second kappa shape index (κ2) is 12.5. The molecule has 0 aliphatic carbocycles. The van der Waals surface area contributed by atoms with E-state index >= 15 is 0 Å². The number of amides is 2. The molecule has 190 valence electrons. The van der Waals surface area contributed by atoms with Crippen LogP contribution < -0.4 is 21.0 Å². The molecule has 0 spiro atoms. The number of nitrogens with zero attached hydrogens (tertiary/aromatic N) is 3. The SMILES string of the molecule is CCOC(=O)NC(=O)C(C#N)=NNc1cc(Cl)c(Oc2ccc(=O)n(Cc3ccc(F)cc3)c2)c(Cl)c1. The topological polar surface area (TPSA) is 135 Å². The summed E-state index contributed by atoms with van der Waals surface area (Å²) in [5.74, 6) is -1.12. The Labute approximate surface area is 219 Å². The normalized spacial score (nSPS) is 10.8. The smallest absolute Gasteiger partial charge is 0.414 e. The highest BCUT2D eigenvalue weighted by Gasteiger charge is 2.16. The van der Waals surface area contributed by atoms with E-state index in [4.69, 9.17) is 33.2 Å². The van der Waals surface area contributed by atoms with Crippen molar-refractivity contribution in [1.82, 2.24) is 9.88 Å². The summed E-state index contributed by atoms with van der Waals surface area (Å²) in [4.78, 5) is 35.5. The van der Waals surface area contributed by atoms with E-state index < -0.39 is 17.7 Å². The lowest BCUT2D eigenvalue weighted by molar-refractivity contribution is -0.114. The van der Waals surface area contributed by atoms with Crippen LogP contribution in [0.4, 0.5) is 14.9 Å². The number of hydrogen-bond acceptors (Lipinski definition) is 8. The number of alkyl carbamates (subject to hydrolysis) is 1. The van der Waals surface area contributed by atoms with Crippen LogP contribution in [0.25, 0.3) is 0 Å². The fourth-order valence-corrected chi connectivity index (χ4v) is 3.45. The van der Waals surface area contributed by atoms with Crippen LogP contribution in [0.2, 0.25) is 10.0 Å². The van der Waals surface area contributed by atoms with E-state index in [1.807, 2.05) is 5.32 Å². The number of aromatic nitrogens is 1. The average Bonchev–Trinajstić information content (AvgIpc) is 2.85. The Morgan fingerprint density at radius 2 is 1.81 bits per heavy atom. The highest BCUT2D eigenvalue weighted by atomic mass is 35.5. The first kappa shape index (κ1) is 27.2. The minimum atomic E-state index is -1.07. The number of anilines is 1. The third-order valence-electron chi connectivity index (χ3n) is 4.55. The zero-order valence-corrected chi connectivity index (χ0v) is 20.6. The predicted molar refractivity (Wildman–Crippen MR) is 135 cm³/mol. The van der Waals surface area contributed by atoms with Crippen LogP contribution in [-0.2, 0) is 16.1 Å². The van der Waals surface area contributed by atoms with Crippen LogP contribution in [0.3, 0.4) is 0 Å². The zero-order valence-electron chi connectivity index (χ0n) is 19.1. The van der Waals surface area contributed by atoms with Crippen molar-refractivity contribution in [3.05, 3.63) is 86.5 Å². The quantitative estimate of drug-likeness (QED) is 0.309. The number of halogens is 3. The van der Waals surface area contributed by atoms with Crippen molar-refractivity contribution in [1.29, 1.82) is 5.26 Å². The summed E-state index contributed by atoms with van der Waals surface area (Å²) in [5.41, 5.74) is 2.43. The van der Waals surface area contributed by atoms with Crippen molar-refractivity contribution in [2.75, 3.05) is 12.0 Å². The molecular formula is C24H18Cl2FN5O5. The van der Waals surface area contributed by atoms with Crippen molar-refractivity contribution >= 4 is 46.6 Å². The van der Waals surface area contributed by atoms with Crippen LogP contribution in [-0.4, -0.2) is 28.9 Å². The van der Waals surface area contributed by atoms with Gasteiger partial charge in [-0.2, -0.15) is 10.4 Å². The molecule has 0 saturated carbocycles. The van der Waals surface area contributed by atoms with Gasteiger partial charge in [0.1, 0.15) is 17.6 Å². The van der Waals surface area contributed by atoms with Crippen LogP contribution in [0, 0.1) is 17.1 Å². The van der Waals surface area contributed by atoms with Gasteiger partial charge in [0.15, 0.2) is 5.75 Å². The number of nitrogens with one attached hydrogen (secondary N) is 2. The number of carbonyl (C=O) groups excluding carboxylic acids is 2. The molecule has 3 rings (SSSR count). The zero-order chi connectivity index (χ0) is 26.9. The first-order valence-corrected chi connectivity index (χ1v) is 11.3. The Morgan fingerprint density at radius 3 is 2.43 bits per heavy atom. The summed E-state index contributed by atoms with van der Waals surface area (Å²) in [7, 11) is 0. The molecule has 0 unspecified atom stereocenters. The van der Waals surface area contributed by atoms with Crippen molar-refractivity contribution in [2.24, 2.45) is 5.10 Å². The lowest BCUT2D eigenvalue weighted by Crippen LogP contribution is -2.36. The molecular weight excluding hydrogens is 528 g/mol. The molecule has 2 aromatic carbocycles. The predicted octanol–water partition coefficient (Wildman–Crippen LogP) is 4.70. The van der Waals surface area contributed by atoms with Crippen LogP contribution in [0.5, 0.6) is 11.5 Å². The van der Waals surface area contributed by atoms with Gasteiger partial charge in [0.2, 0.25) is 5.71 Å². The van der Waals surface area contributed by atoms with Crippen molar-refractivity contribution in [3.8, 4) is 17.6 Å². The first-order chi connectivity index (χ1) is 17.7. The minimum Gasteiger partial charge on any atom is -0.453 e. The maximum atomic E-state index is 13.2. The number of hydrazone groups is 1. The van der Waals surface area contributed by atoms with Crippen LogP contribution >= 0.6 is 23.2 Å². The summed E-state index contributed by atoms with van der Waals surface area (Å²) < 4.78 is 24.9. The molecule has 0 aliphatic heterocycles. The number of nitriles is 1. The highest BCUT2D eigenvalue weighted by Crippen LogP contribution is 2.38. The largest absolute Gasteiger partial charge is 0.453 e. The maximum Gasteiger partial charge on any atom is 0.414 e.